The third-order valence-corrected chi connectivity index (χ3v) is 8.39. The van der Waals surface area contributed by atoms with Crippen molar-refractivity contribution in [2.75, 3.05) is 10.6 Å². The number of hydrogen-bond donors (Lipinski definition) is 1. The minimum Gasteiger partial charge on any atom is -0.349 e. The van der Waals surface area contributed by atoms with Crippen molar-refractivity contribution in [1.82, 2.24) is 5.32 Å². The van der Waals surface area contributed by atoms with Crippen molar-refractivity contribution in [2.45, 2.75) is 64.0 Å². The van der Waals surface area contributed by atoms with Crippen LogP contribution in [0.15, 0.2) is 18.2 Å². The monoisotopic (exact) mass is 424 g/mol. The number of rotatable bonds is 5. The second-order valence-corrected chi connectivity index (χ2v) is 11.6. The van der Waals surface area contributed by atoms with Gasteiger partial charge in [0.05, 0.1) is 11.9 Å². The molecule has 154 valence electrons. The maximum absolute atomic E-state index is 13.2. The van der Waals surface area contributed by atoms with Crippen LogP contribution in [0.25, 0.3) is 0 Å². The molecule has 0 saturated heterocycles. The normalized spacial score (nSPS) is 32.2. The summed E-state index contributed by atoms with van der Waals surface area (Å²) in [6.45, 7) is 3.49. The zero-order valence-corrected chi connectivity index (χ0v) is 18.3. The van der Waals surface area contributed by atoms with Crippen LogP contribution in [0.1, 0.15) is 51.0 Å². The number of carbonyl (C=O) groups is 1. The van der Waals surface area contributed by atoms with E-state index in [1.807, 2.05) is 6.92 Å². The number of nitrogens with zero attached hydrogens (tertiary/aromatic N) is 1. The second-order valence-electron chi connectivity index (χ2n) is 9.35. The van der Waals surface area contributed by atoms with Crippen LogP contribution >= 0.6 is 11.6 Å². The van der Waals surface area contributed by atoms with Gasteiger partial charge in [-0.3, -0.25) is 9.10 Å². The maximum Gasteiger partial charge on any atom is 0.244 e. The van der Waals surface area contributed by atoms with Gasteiger partial charge in [-0.05, 0) is 87.8 Å². The number of hydrogen-bond acceptors (Lipinski definition) is 3. The first-order valence-electron chi connectivity index (χ1n) is 10.1. The smallest absolute Gasteiger partial charge is 0.244 e. The van der Waals surface area contributed by atoms with E-state index in [1.54, 1.807) is 25.1 Å². The van der Waals surface area contributed by atoms with Crippen LogP contribution < -0.4 is 9.62 Å². The Labute approximate surface area is 172 Å². The molecule has 5 rings (SSSR count). The van der Waals surface area contributed by atoms with Gasteiger partial charge in [-0.25, -0.2) is 8.42 Å². The molecule has 0 aliphatic heterocycles. The number of carbonyl (C=O) groups excluding carboxylic acids is 1. The van der Waals surface area contributed by atoms with Crippen molar-refractivity contribution < 1.29 is 13.2 Å². The minimum absolute atomic E-state index is 0.146. The first kappa shape index (κ1) is 20.0. The highest BCUT2D eigenvalue weighted by Gasteiger charge is 2.52. The van der Waals surface area contributed by atoms with Crippen molar-refractivity contribution in [2.24, 2.45) is 17.8 Å². The van der Waals surface area contributed by atoms with E-state index in [2.05, 4.69) is 5.32 Å². The molecule has 4 fully saturated rings. The van der Waals surface area contributed by atoms with Gasteiger partial charge < -0.3 is 5.32 Å². The maximum atomic E-state index is 13.2. The SMILES string of the molecule is Cc1ccc(Cl)cc1N([C@@H](C)C(=O)NC12CC3CC(CC(C3)C1)C2)S(C)(=O)=O. The molecule has 1 aromatic rings. The lowest BCUT2D eigenvalue weighted by atomic mass is 9.53. The molecule has 4 bridgehead atoms. The summed E-state index contributed by atoms with van der Waals surface area (Å²) >= 11 is 6.12. The van der Waals surface area contributed by atoms with Crippen molar-refractivity contribution in [1.29, 1.82) is 0 Å². The number of benzene rings is 1. The fourth-order valence-corrected chi connectivity index (χ4v) is 7.62. The zero-order chi connectivity index (χ0) is 20.3. The summed E-state index contributed by atoms with van der Waals surface area (Å²) in [6, 6.07) is 4.28. The molecule has 1 aromatic carbocycles. The van der Waals surface area contributed by atoms with Gasteiger partial charge in [-0.2, -0.15) is 0 Å². The Balaban J connectivity index is 1.60. The van der Waals surface area contributed by atoms with E-state index in [4.69, 9.17) is 11.6 Å². The van der Waals surface area contributed by atoms with E-state index in [-0.39, 0.29) is 11.4 Å². The summed E-state index contributed by atoms with van der Waals surface area (Å²) in [5.41, 5.74) is 1.08. The molecule has 0 unspecified atom stereocenters. The Hall–Kier alpha value is -1.27. The van der Waals surface area contributed by atoms with Crippen molar-refractivity contribution in [3.05, 3.63) is 28.8 Å². The Bertz CT molecular complexity index is 864. The Morgan fingerprint density at radius 1 is 1.18 bits per heavy atom. The molecule has 1 N–H and O–H groups in total. The topological polar surface area (TPSA) is 66.5 Å². The molecule has 1 amide bonds. The van der Waals surface area contributed by atoms with E-state index in [9.17, 15) is 13.2 Å². The molecule has 0 spiro atoms. The average Bonchev–Trinajstić information content (AvgIpc) is 2.55. The first-order valence-corrected chi connectivity index (χ1v) is 12.4. The second kappa shape index (κ2) is 6.91. The molecule has 0 heterocycles. The zero-order valence-electron chi connectivity index (χ0n) is 16.7. The fraction of sp³-hybridized carbons (Fsp3) is 0.667. The first-order chi connectivity index (χ1) is 13.1. The standard InChI is InChI=1S/C21H29ClN2O3S/c1-13-4-5-18(22)9-19(13)24(28(3,26)27)14(2)20(25)23-21-10-15-6-16(11-21)8-17(7-15)12-21/h4-5,9,14-17H,6-8,10-12H2,1-3H3,(H,23,25)/t14-,15?,16?,17?,21?/m0/s1. The molecule has 7 heteroatoms. The van der Waals surface area contributed by atoms with Crippen molar-refractivity contribution in [3.8, 4) is 0 Å². The summed E-state index contributed by atoms with van der Waals surface area (Å²) < 4.78 is 26.4. The van der Waals surface area contributed by atoms with Crippen LogP contribution in [0.3, 0.4) is 0 Å². The van der Waals surface area contributed by atoms with E-state index in [1.165, 1.54) is 23.6 Å². The molecular formula is C21H29ClN2O3S. The van der Waals surface area contributed by atoms with Gasteiger partial charge in [-0.15, -0.1) is 0 Å². The minimum atomic E-state index is -3.65. The third kappa shape index (κ3) is 3.65. The lowest BCUT2D eigenvalue weighted by Crippen LogP contribution is -2.62. The van der Waals surface area contributed by atoms with Gasteiger partial charge in [0.25, 0.3) is 0 Å². The molecule has 4 aliphatic rings. The number of halogens is 1. The number of anilines is 1. The predicted molar refractivity (Wildman–Crippen MR) is 112 cm³/mol. The highest BCUT2D eigenvalue weighted by atomic mass is 35.5. The molecule has 0 aromatic heterocycles. The highest BCUT2D eigenvalue weighted by molar-refractivity contribution is 7.92. The quantitative estimate of drug-likeness (QED) is 0.779. The Morgan fingerprint density at radius 2 is 1.71 bits per heavy atom. The van der Waals surface area contributed by atoms with Gasteiger partial charge >= 0.3 is 0 Å². The van der Waals surface area contributed by atoms with E-state index >= 15 is 0 Å². The van der Waals surface area contributed by atoms with Crippen molar-refractivity contribution >= 4 is 33.2 Å². The van der Waals surface area contributed by atoms with Crippen molar-refractivity contribution in [3.63, 3.8) is 0 Å². The van der Waals surface area contributed by atoms with Gasteiger partial charge in [0, 0.05) is 10.6 Å². The number of aryl methyl sites for hydroxylation is 1. The van der Waals surface area contributed by atoms with Crippen LogP contribution in [0.4, 0.5) is 5.69 Å². The van der Waals surface area contributed by atoms with Crippen LogP contribution in [0.5, 0.6) is 0 Å². The highest BCUT2D eigenvalue weighted by Crippen LogP contribution is 2.55. The molecule has 1 atom stereocenters. The van der Waals surface area contributed by atoms with Crippen LogP contribution in [0, 0.1) is 24.7 Å². The van der Waals surface area contributed by atoms with E-state index < -0.39 is 16.1 Å². The Morgan fingerprint density at radius 3 is 2.21 bits per heavy atom. The summed E-state index contributed by atoms with van der Waals surface area (Å²) in [5.74, 6) is 1.92. The van der Waals surface area contributed by atoms with E-state index in [0.29, 0.717) is 28.5 Å². The van der Waals surface area contributed by atoms with Gasteiger partial charge in [0.1, 0.15) is 6.04 Å². The summed E-state index contributed by atoms with van der Waals surface area (Å²) in [7, 11) is -3.65. The Kier molecular flexibility index (Phi) is 4.94. The molecule has 5 nitrogen and oxygen atoms in total. The van der Waals surface area contributed by atoms with Gasteiger partial charge in [0.2, 0.25) is 15.9 Å². The average molecular weight is 425 g/mol. The fourth-order valence-electron chi connectivity index (χ4n) is 6.23. The van der Waals surface area contributed by atoms with E-state index in [0.717, 1.165) is 31.1 Å². The molecule has 4 aliphatic carbocycles. The summed E-state index contributed by atoms with van der Waals surface area (Å²) in [5, 5.41) is 3.75. The summed E-state index contributed by atoms with van der Waals surface area (Å²) in [4.78, 5) is 13.2. The predicted octanol–water partition coefficient (Wildman–Crippen LogP) is 3.89. The lowest BCUT2D eigenvalue weighted by molar-refractivity contribution is -0.127. The molecular weight excluding hydrogens is 396 g/mol. The third-order valence-electron chi connectivity index (χ3n) is 6.92. The summed E-state index contributed by atoms with van der Waals surface area (Å²) in [6.07, 6.45) is 8.12. The number of sulfonamides is 1. The van der Waals surface area contributed by atoms with Gasteiger partial charge in [-0.1, -0.05) is 17.7 Å². The lowest BCUT2D eigenvalue weighted by Gasteiger charge is -2.57. The largest absolute Gasteiger partial charge is 0.349 e. The molecule has 4 saturated carbocycles. The van der Waals surface area contributed by atoms with Crippen LogP contribution in [-0.4, -0.2) is 32.2 Å². The molecule has 0 radical (unpaired) electrons. The molecule has 28 heavy (non-hydrogen) atoms. The number of nitrogens with one attached hydrogen (secondary N) is 1. The number of amides is 1. The van der Waals surface area contributed by atoms with Crippen LogP contribution in [0.2, 0.25) is 5.02 Å². The van der Waals surface area contributed by atoms with Gasteiger partial charge in [0.15, 0.2) is 0 Å². The van der Waals surface area contributed by atoms with Crippen LogP contribution in [-0.2, 0) is 14.8 Å².